The van der Waals surface area contributed by atoms with Crippen molar-refractivity contribution in [2.24, 2.45) is 5.73 Å². The molecule has 1 aromatic heterocycles. The van der Waals surface area contributed by atoms with Crippen LogP contribution in [-0.2, 0) is 4.79 Å². The number of hydrogen-bond donors (Lipinski definition) is 3. The quantitative estimate of drug-likeness (QED) is 0.602. The molecule has 1 heterocycles. The highest BCUT2D eigenvalue weighted by molar-refractivity contribution is 5.72. The molecular weight excluding hydrogens is 206 g/mol. The lowest BCUT2D eigenvalue weighted by atomic mass is 10.1. The molecule has 16 heavy (non-hydrogen) atoms. The molecule has 0 saturated heterocycles. The van der Waals surface area contributed by atoms with Gasteiger partial charge in [-0.15, -0.1) is 0 Å². The number of aliphatic carboxylic acids is 1. The molecule has 0 radical (unpaired) electrons. The number of pyridine rings is 1. The average Bonchev–Trinajstić information content (AvgIpc) is 2.29. The predicted octanol–water partition coefficient (Wildman–Crippen LogP) is 1.08. The first-order valence-corrected chi connectivity index (χ1v) is 5.33. The summed E-state index contributed by atoms with van der Waals surface area (Å²) < 4.78 is 0. The summed E-state index contributed by atoms with van der Waals surface area (Å²) >= 11 is 0. The number of carboxylic acids is 1. The molecule has 1 aromatic rings. The maximum Gasteiger partial charge on any atom is 0.320 e. The number of aromatic nitrogens is 1. The zero-order valence-electron chi connectivity index (χ0n) is 9.10. The number of nitrogens with one attached hydrogen (secondary N) is 1. The molecule has 0 aliphatic heterocycles. The number of nitrogens with two attached hydrogens (primary N) is 1. The summed E-state index contributed by atoms with van der Waals surface area (Å²) in [6.07, 6.45) is 3.92. The van der Waals surface area contributed by atoms with E-state index >= 15 is 0 Å². The number of carboxylic acid groups (broad SMARTS) is 1. The SMILES string of the molecule is NC(CCCCNc1ccccn1)C(=O)O. The van der Waals surface area contributed by atoms with E-state index in [1.54, 1.807) is 6.20 Å². The minimum absolute atomic E-state index is 0.513. The van der Waals surface area contributed by atoms with Gasteiger partial charge in [-0.05, 0) is 31.4 Å². The summed E-state index contributed by atoms with van der Waals surface area (Å²) in [7, 11) is 0. The smallest absolute Gasteiger partial charge is 0.320 e. The third kappa shape index (κ3) is 4.75. The number of rotatable bonds is 7. The molecule has 88 valence electrons. The lowest BCUT2D eigenvalue weighted by Gasteiger charge is -2.07. The summed E-state index contributed by atoms with van der Waals surface area (Å²) in [4.78, 5) is 14.5. The van der Waals surface area contributed by atoms with Crippen LogP contribution in [0.4, 0.5) is 5.82 Å². The molecule has 0 amide bonds. The van der Waals surface area contributed by atoms with E-state index in [1.165, 1.54) is 0 Å². The Morgan fingerprint density at radius 1 is 1.50 bits per heavy atom. The van der Waals surface area contributed by atoms with Gasteiger partial charge in [0.15, 0.2) is 0 Å². The van der Waals surface area contributed by atoms with Crippen LogP contribution in [0.5, 0.6) is 0 Å². The van der Waals surface area contributed by atoms with Gasteiger partial charge in [0.25, 0.3) is 0 Å². The Balaban J connectivity index is 2.07. The molecular formula is C11H17N3O2. The average molecular weight is 223 g/mol. The maximum absolute atomic E-state index is 10.4. The highest BCUT2D eigenvalue weighted by Crippen LogP contribution is 2.03. The largest absolute Gasteiger partial charge is 0.480 e. The lowest BCUT2D eigenvalue weighted by Crippen LogP contribution is -2.29. The highest BCUT2D eigenvalue weighted by Gasteiger charge is 2.09. The van der Waals surface area contributed by atoms with Gasteiger partial charge in [-0.3, -0.25) is 4.79 Å². The van der Waals surface area contributed by atoms with Gasteiger partial charge in [-0.2, -0.15) is 0 Å². The summed E-state index contributed by atoms with van der Waals surface area (Å²) in [5.74, 6) is -0.0947. The molecule has 0 aliphatic rings. The number of carbonyl (C=O) groups is 1. The van der Waals surface area contributed by atoms with Gasteiger partial charge in [0.1, 0.15) is 11.9 Å². The fraction of sp³-hybridized carbons (Fsp3) is 0.455. The first kappa shape index (κ1) is 12.4. The molecule has 1 atom stereocenters. The molecule has 5 heteroatoms. The van der Waals surface area contributed by atoms with Gasteiger partial charge in [0.2, 0.25) is 0 Å². The summed E-state index contributed by atoms with van der Waals surface area (Å²) in [5, 5.41) is 11.7. The second-order valence-corrected chi connectivity index (χ2v) is 3.58. The minimum Gasteiger partial charge on any atom is -0.480 e. The molecule has 0 spiro atoms. The molecule has 4 N–H and O–H groups in total. The summed E-state index contributed by atoms with van der Waals surface area (Å²) in [6, 6.07) is 4.92. The first-order valence-electron chi connectivity index (χ1n) is 5.33. The maximum atomic E-state index is 10.4. The van der Waals surface area contributed by atoms with Crippen LogP contribution in [0.2, 0.25) is 0 Å². The number of unbranched alkanes of at least 4 members (excludes halogenated alkanes) is 1. The van der Waals surface area contributed by atoms with E-state index in [2.05, 4.69) is 10.3 Å². The van der Waals surface area contributed by atoms with Crippen molar-refractivity contribution in [1.82, 2.24) is 4.98 Å². The molecule has 1 unspecified atom stereocenters. The minimum atomic E-state index is -0.933. The molecule has 0 fully saturated rings. The third-order valence-electron chi connectivity index (χ3n) is 2.23. The van der Waals surface area contributed by atoms with E-state index < -0.39 is 12.0 Å². The van der Waals surface area contributed by atoms with Crippen molar-refractivity contribution in [3.8, 4) is 0 Å². The molecule has 0 aliphatic carbocycles. The predicted molar refractivity (Wildman–Crippen MR) is 62.2 cm³/mol. The Bertz CT molecular complexity index is 316. The topological polar surface area (TPSA) is 88.2 Å². The van der Waals surface area contributed by atoms with Crippen LogP contribution in [-0.4, -0.2) is 28.6 Å². The van der Waals surface area contributed by atoms with Crippen LogP contribution < -0.4 is 11.1 Å². The van der Waals surface area contributed by atoms with Gasteiger partial charge >= 0.3 is 5.97 Å². The third-order valence-corrected chi connectivity index (χ3v) is 2.23. The van der Waals surface area contributed by atoms with Crippen LogP contribution >= 0.6 is 0 Å². The van der Waals surface area contributed by atoms with Gasteiger partial charge in [0.05, 0.1) is 0 Å². The Hall–Kier alpha value is -1.62. The van der Waals surface area contributed by atoms with Crippen LogP contribution in [0.15, 0.2) is 24.4 Å². The van der Waals surface area contributed by atoms with Gasteiger partial charge in [-0.1, -0.05) is 6.07 Å². The number of nitrogens with zero attached hydrogens (tertiary/aromatic N) is 1. The number of anilines is 1. The fourth-order valence-electron chi connectivity index (χ4n) is 1.30. The van der Waals surface area contributed by atoms with Crippen LogP contribution in [0.3, 0.4) is 0 Å². The monoisotopic (exact) mass is 223 g/mol. The zero-order valence-corrected chi connectivity index (χ0v) is 9.10. The zero-order chi connectivity index (χ0) is 11.8. The normalized spacial score (nSPS) is 12.1. The molecule has 1 rings (SSSR count). The molecule has 0 aromatic carbocycles. The summed E-state index contributed by atoms with van der Waals surface area (Å²) in [5.41, 5.74) is 5.38. The molecule has 0 bridgehead atoms. The van der Waals surface area contributed by atoms with E-state index in [4.69, 9.17) is 10.8 Å². The first-order chi connectivity index (χ1) is 7.70. The van der Waals surface area contributed by atoms with Crippen LogP contribution in [0, 0.1) is 0 Å². The highest BCUT2D eigenvalue weighted by atomic mass is 16.4. The van der Waals surface area contributed by atoms with Gasteiger partial charge in [0, 0.05) is 12.7 Å². The van der Waals surface area contributed by atoms with Crippen molar-refractivity contribution >= 4 is 11.8 Å². The molecule has 0 saturated carbocycles. The Labute approximate surface area is 94.7 Å². The lowest BCUT2D eigenvalue weighted by molar-refractivity contribution is -0.138. The Morgan fingerprint density at radius 3 is 2.94 bits per heavy atom. The van der Waals surface area contributed by atoms with E-state index in [0.29, 0.717) is 6.42 Å². The van der Waals surface area contributed by atoms with Gasteiger partial charge in [-0.25, -0.2) is 4.98 Å². The Morgan fingerprint density at radius 2 is 2.31 bits per heavy atom. The van der Waals surface area contributed by atoms with Crippen LogP contribution in [0.1, 0.15) is 19.3 Å². The van der Waals surface area contributed by atoms with E-state index in [0.717, 1.165) is 25.2 Å². The van der Waals surface area contributed by atoms with Crippen molar-refractivity contribution < 1.29 is 9.90 Å². The van der Waals surface area contributed by atoms with Crippen LogP contribution in [0.25, 0.3) is 0 Å². The Kier molecular flexibility index (Phi) is 5.28. The van der Waals surface area contributed by atoms with Crippen molar-refractivity contribution in [3.05, 3.63) is 24.4 Å². The van der Waals surface area contributed by atoms with Crippen molar-refractivity contribution in [2.45, 2.75) is 25.3 Å². The second-order valence-electron chi connectivity index (χ2n) is 3.58. The standard InChI is InChI=1S/C11H17N3O2/c12-9(11(15)16)5-1-3-7-13-10-6-2-4-8-14-10/h2,4,6,8-9H,1,3,5,7,12H2,(H,13,14)(H,15,16). The summed E-state index contributed by atoms with van der Waals surface area (Å²) in [6.45, 7) is 0.781. The van der Waals surface area contributed by atoms with E-state index in [-0.39, 0.29) is 0 Å². The fourth-order valence-corrected chi connectivity index (χ4v) is 1.30. The second kappa shape index (κ2) is 6.79. The van der Waals surface area contributed by atoms with Gasteiger partial charge < -0.3 is 16.2 Å². The molecule has 5 nitrogen and oxygen atoms in total. The van der Waals surface area contributed by atoms with Crippen molar-refractivity contribution in [1.29, 1.82) is 0 Å². The van der Waals surface area contributed by atoms with E-state index in [1.807, 2.05) is 18.2 Å². The van der Waals surface area contributed by atoms with Crippen molar-refractivity contribution in [2.75, 3.05) is 11.9 Å². The number of hydrogen-bond acceptors (Lipinski definition) is 4. The van der Waals surface area contributed by atoms with E-state index in [9.17, 15) is 4.79 Å². The van der Waals surface area contributed by atoms with Crippen molar-refractivity contribution in [3.63, 3.8) is 0 Å².